The molecule has 2 amide bonds. The van der Waals surface area contributed by atoms with Gasteiger partial charge in [-0.05, 0) is 24.0 Å². The quantitative estimate of drug-likeness (QED) is 0.477. The van der Waals surface area contributed by atoms with Crippen LogP contribution in [0, 0.1) is 0 Å². The standard InChI is InChI=1S/C20H22N4O2/c1-3-17(15-11-7-5-8-12-15)21-23-19(25)20(26)24-22-18(4-2)16-13-9-6-10-14-16/h5-14H,3-4H2,1-2H3,(H,23,25)(H,24,26). The molecule has 0 fully saturated rings. The van der Waals surface area contributed by atoms with Crippen LogP contribution >= 0.6 is 0 Å². The summed E-state index contributed by atoms with van der Waals surface area (Å²) in [5.74, 6) is -1.72. The maximum atomic E-state index is 11.9. The first-order valence-electron chi connectivity index (χ1n) is 8.50. The Kier molecular flexibility index (Phi) is 7.24. The lowest BCUT2D eigenvalue weighted by Gasteiger charge is -2.06. The molecule has 0 saturated carbocycles. The highest BCUT2D eigenvalue weighted by atomic mass is 16.2. The van der Waals surface area contributed by atoms with E-state index in [4.69, 9.17) is 0 Å². The fraction of sp³-hybridized carbons (Fsp3) is 0.200. The number of hydrogen-bond donors (Lipinski definition) is 2. The van der Waals surface area contributed by atoms with Crippen LogP contribution in [0.1, 0.15) is 37.8 Å². The first-order valence-corrected chi connectivity index (χ1v) is 8.50. The molecule has 2 aromatic rings. The van der Waals surface area contributed by atoms with Crippen LogP contribution in [0.3, 0.4) is 0 Å². The first-order chi connectivity index (χ1) is 12.7. The first kappa shape index (κ1) is 19.1. The average molecular weight is 350 g/mol. The molecule has 26 heavy (non-hydrogen) atoms. The Morgan fingerprint density at radius 1 is 0.692 bits per heavy atom. The van der Waals surface area contributed by atoms with E-state index in [1.165, 1.54) is 0 Å². The third-order valence-corrected chi connectivity index (χ3v) is 3.67. The van der Waals surface area contributed by atoms with Gasteiger partial charge in [-0.1, -0.05) is 74.5 Å². The van der Waals surface area contributed by atoms with Crippen LogP contribution < -0.4 is 10.9 Å². The van der Waals surface area contributed by atoms with Crippen molar-refractivity contribution >= 4 is 23.2 Å². The van der Waals surface area contributed by atoms with E-state index in [0.29, 0.717) is 24.3 Å². The zero-order valence-corrected chi connectivity index (χ0v) is 14.9. The van der Waals surface area contributed by atoms with Crippen molar-refractivity contribution in [3.8, 4) is 0 Å². The van der Waals surface area contributed by atoms with E-state index in [0.717, 1.165) is 11.1 Å². The Morgan fingerprint density at radius 2 is 1.04 bits per heavy atom. The molecule has 2 rings (SSSR count). The minimum absolute atomic E-state index is 0.623. The topological polar surface area (TPSA) is 82.9 Å². The molecule has 6 nitrogen and oxygen atoms in total. The molecule has 0 atom stereocenters. The molecule has 0 aliphatic heterocycles. The van der Waals surface area contributed by atoms with Gasteiger partial charge in [-0.15, -0.1) is 0 Å². The van der Waals surface area contributed by atoms with Gasteiger partial charge in [-0.25, -0.2) is 10.9 Å². The summed E-state index contributed by atoms with van der Waals surface area (Å²) in [4.78, 5) is 23.9. The molecule has 2 aromatic carbocycles. The van der Waals surface area contributed by atoms with Crippen molar-refractivity contribution in [3.63, 3.8) is 0 Å². The SMILES string of the molecule is CCC(=NNC(=O)C(=O)NN=C(CC)c1ccccc1)c1ccccc1. The molecule has 0 radical (unpaired) electrons. The summed E-state index contributed by atoms with van der Waals surface area (Å²) in [7, 11) is 0. The maximum absolute atomic E-state index is 11.9. The van der Waals surface area contributed by atoms with E-state index in [1.54, 1.807) is 0 Å². The van der Waals surface area contributed by atoms with E-state index >= 15 is 0 Å². The lowest BCUT2D eigenvalue weighted by molar-refractivity contribution is -0.139. The van der Waals surface area contributed by atoms with Crippen LogP contribution in [0.2, 0.25) is 0 Å². The molecule has 0 spiro atoms. The maximum Gasteiger partial charge on any atom is 0.331 e. The molecule has 6 heteroatoms. The number of rotatable bonds is 6. The summed E-state index contributed by atoms with van der Waals surface area (Å²) in [5.41, 5.74) is 7.73. The molecule has 0 aliphatic rings. The van der Waals surface area contributed by atoms with Gasteiger partial charge < -0.3 is 0 Å². The summed E-state index contributed by atoms with van der Waals surface area (Å²) in [5, 5.41) is 8.09. The largest absolute Gasteiger partial charge is 0.331 e. The third-order valence-electron chi connectivity index (χ3n) is 3.67. The predicted octanol–water partition coefficient (Wildman–Crippen LogP) is 2.85. The number of amides is 2. The Bertz CT molecular complexity index is 730. The van der Waals surface area contributed by atoms with Crippen molar-refractivity contribution in [1.29, 1.82) is 0 Å². The molecular weight excluding hydrogens is 328 g/mol. The van der Waals surface area contributed by atoms with Crippen LogP contribution in [-0.2, 0) is 9.59 Å². The normalized spacial score (nSPS) is 11.8. The molecule has 0 unspecified atom stereocenters. The van der Waals surface area contributed by atoms with E-state index in [1.807, 2.05) is 74.5 Å². The molecule has 0 heterocycles. The van der Waals surface area contributed by atoms with Crippen molar-refractivity contribution in [3.05, 3.63) is 71.8 Å². The fourth-order valence-electron chi connectivity index (χ4n) is 2.29. The van der Waals surface area contributed by atoms with Crippen molar-refractivity contribution in [1.82, 2.24) is 10.9 Å². The van der Waals surface area contributed by atoms with Crippen LogP contribution in [0.15, 0.2) is 70.9 Å². The average Bonchev–Trinajstić information content (AvgIpc) is 2.70. The number of hydrogen-bond acceptors (Lipinski definition) is 4. The van der Waals surface area contributed by atoms with E-state index in [-0.39, 0.29) is 0 Å². The molecule has 0 saturated heterocycles. The Balaban J connectivity index is 2.00. The van der Waals surface area contributed by atoms with Crippen LogP contribution in [0.4, 0.5) is 0 Å². The van der Waals surface area contributed by atoms with Gasteiger partial charge in [0.05, 0.1) is 11.4 Å². The Hall–Kier alpha value is -3.28. The number of benzene rings is 2. The molecular formula is C20H22N4O2. The molecule has 0 aliphatic carbocycles. The zero-order valence-electron chi connectivity index (χ0n) is 14.9. The minimum atomic E-state index is -0.862. The smallest absolute Gasteiger partial charge is 0.262 e. The molecule has 134 valence electrons. The van der Waals surface area contributed by atoms with Gasteiger partial charge in [0.1, 0.15) is 0 Å². The summed E-state index contributed by atoms with van der Waals surface area (Å²) in [6, 6.07) is 18.9. The van der Waals surface area contributed by atoms with Gasteiger partial charge in [-0.3, -0.25) is 9.59 Å². The number of nitrogens with zero attached hydrogens (tertiary/aromatic N) is 2. The minimum Gasteiger partial charge on any atom is -0.262 e. The summed E-state index contributed by atoms with van der Waals surface area (Å²) >= 11 is 0. The molecule has 2 N–H and O–H groups in total. The van der Waals surface area contributed by atoms with E-state index < -0.39 is 11.8 Å². The Morgan fingerprint density at radius 3 is 1.35 bits per heavy atom. The number of nitrogens with one attached hydrogen (secondary N) is 2. The van der Waals surface area contributed by atoms with Gasteiger partial charge in [0.25, 0.3) is 0 Å². The Labute approximate surface area is 153 Å². The van der Waals surface area contributed by atoms with Gasteiger partial charge in [0, 0.05) is 0 Å². The van der Waals surface area contributed by atoms with Gasteiger partial charge in [0.15, 0.2) is 0 Å². The second-order valence-corrected chi connectivity index (χ2v) is 5.44. The van der Waals surface area contributed by atoms with Crippen LogP contribution in [-0.4, -0.2) is 23.2 Å². The summed E-state index contributed by atoms with van der Waals surface area (Å²) < 4.78 is 0. The number of hydrazone groups is 2. The van der Waals surface area contributed by atoms with Crippen molar-refractivity contribution in [2.75, 3.05) is 0 Å². The number of carbonyl (C=O) groups excluding carboxylic acids is 2. The van der Waals surface area contributed by atoms with Crippen LogP contribution in [0.25, 0.3) is 0 Å². The van der Waals surface area contributed by atoms with Crippen molar-refractivity contribution in [2.24, 2.45) is 10.2 Å². The molecule has 0 bridgehead atoms. The lowest BCUT2D eigenvalue weighted by Crippen LogP contribution is -2.36. The monoisotopic (exact) mass is 350 g/mol. The summed E-state index contributed by atoms with van der Waals surface area (Å²) in [6.07, 6.45) is 1.25. The predicted molar refractivity (Wildman–Crippen MR) is 103 cm³/mol. The van der Waals surface area contributed by atoms with Crippen molar-refractivity contribution in [2.45, 2.75) is 26.7 Å². The molecule has 0 aromatic heterocycles. The highest BCUT2D eigenvalue weighted by molar-refractivity contribution is 6.35. The van der Waals surface area contributed by atoms with E-state index in [2.05, 4.69) is 21.1 Å². The lowest BCUT2D eigenvalue weighted by atomic mass is 10.1. The second kappa shape index (κ2) is 9.88. The van der Waals surface area contributed by atoms with Gasteiger partial charge in [0.2, 0.25) is 0 Å². The second-order valence-electron chi connectivity index (χ2n) is 5.44. The highest BCUT2D eigenvalue weighted by Crippen LogP contribution is 2.04. The summed E-state index contributed by atoms with van der Waals surface area (Å²) in [6.45, 7) is 3.85. The van der Waals surface area contributed by atoms with Gasteiger partial charge in [-0.2, -0.15) is 10.2 Å². The zero-order chi connectivity index (χ0) is 18.8. The highest BCUT2D eigenvalue weighted by Gasteiger charge is 2.13. The number of carbonyl (C=O) groups is 2. The third kappa shape index (κ3) is 5.37. The van der Waals surface area contributed by atoms with Crippen molar-refractivity contribution < 1.29 is 9.59 Å². The fourth-order valence-corrected chi connectivity index (χ4v) is 2.29. The van der Waals surface area contributed by atoms with Crippen LogP contribution in [0.5, 0.6) is 0 Å². The van der Waals surface area contributed by atoms with E-state index in [9.17, 15) is 9.59 Å². The van der Waals surface area contributed by atoms with Gasteiger partial charge >= 0.3 is 11.8 Å².